The number of fused-ring (bicyclic) bond motifs is 1. The van der Waals surface area contributed by atoms with Gasteiger partial charge in [-0.25, -0.2) is 0 Å². The molecule has 0 spiro atoms. The van der Waals surface area contributed by atoms with Gasteiger partial charge in [-0.3, -0.25) is 4.79 Å². The first-order valence-corrected chi connectivity index (χ1v) is 5.16. The van der Waals surface area contributed by atoms with Crippen LogP contribution in [0.1, 0.15) is 17.5 Å². The molecule has 1 unspecified atom stereocenters. The molecule has 0 fully saturated rings. The lowest BCUT2D eigenvalue weighted by molar-refractivity contribution is -0.122. The molecule has 0 aromatic heterocycles. The van der Waals surface area contributed by atoms with Crippen LogP contribution in [0.15, 0.2) is 18.2 Å². The Morgan fingerprint density at radius 2 is 2.33 bits per heavy atom. The molecule has 0 bridgehead atoms. The number of hydrogen-bond acceptors (Lipinski definition) is 2. The first-order chi connectivity index (χ1) is 7.22. The van der Waals surface area contributed by atoms with Crippen LogP contribution in [0.2, 0.25) is 0 Å². The zero-order chi connectivity index (χ0) is 10.8. The minimum absolute atomic E-state index is 0.0335. The average molecular weight is 205 g/mol. The highest BCUT2D eigenvalue weighted by Crippen LogP contribution is 2.31. The van der Waals surface area contributed by atoms with E-state index in [2.05, 4.69) is 6.07 Å². The molecule has 3 nitrogen and oxygen atoms in total. The second-order valence-corrected chi connectivity index (χ2v) is 3.94. The zero-order valence-electron chi connectivity index (χ0n) is 8.82. The molecule has 1 aliphatic carbocycles. The lowest BCUT2D eigenvalue weighted by Crippen LogP contribution is -2.28. The predicted octanol–water partition coefficient (Wildman–Crippen LogP) is 1.29. The number of benzene rings is 1. The molecule has 2 N–H and O–H groups in total. The number of ether oxygens (including phenoxy) is 1. The Hall–Kier alpha value is -1.51. The van der Waals surface area contributed by atoms with Crippen molar-refractivity contribution in [2.24, 2.45) is 11.7 Å². The van der Waals surface area contributed by atoms with E-state index in [1.165, 1.54) is 5.56 Å². The van der Waals surface area contributed by atoms with Gasteiger partial charge in [0.05, 0.1) is 7.11 Å². The first kappa shape index (κ1) is 10.0. The summed E-state index contributed by atoms with van der Waals surface area (Å²) in [4.78, 5) is 11.1. The van der Waals surface area contributed by atoms with Crippen molar-refractivity contribution in [3.05, 3.63) is 29.3 Å². The van der Waals surface area contributed by atoms with E-state index in [0.29, 0.717) is 6.42 Å². The van der Waals surface area contributed by atoms with Crippen molar-refractivity contribution >= 4 is 5.91 Å². The van der Waals surface area contributed by atoms with Crippen LogP contribution in [-0.2, 0) is 17.6 Å². The van der Waals surface area contributed by atoms with Crippen LogP contribution >= 0.6 is 0 Å². The third-order valence-corrected chi connectivity index (χ3v) is 3.07. The molecule has 1 aliphatic rings. The van der Waals surface area contributed by atoms with Gasteiger partial charge in [-0.15, -0.1) is 0 Å². The van der Waals surface area contributed by atoms with Gasteiger partial charge < -0.3 is 10.5 Å². The van der Waals surface area contributed by atoms with Gasteiger partial charge in [0, 0.05) is 5.92 Å². The van der Waals surface area contributed by atoms with Crippen molar-refractivity contribution in [1.82, 2.24) is 0 Å². The predicted molar refractivity (Wildman–Crippen MR) is 57.7 cm³/mol. The number of carbonyl (C=O) groups is 1. The Morgan fingerprint density at radius 3 is 3.00 bits per heavy atom. The summed E-state index contributed by atoms with van der Waals surface area (Å²) >= 11 is 0. The molecule has 1 aromatic carbocycles. The number of aryl methyl sites for hydroxylation is 1. The summed E-state index contributed by atoms with van der Waals surface area (Å²) in [5.41, 5.74) is 7.77. The van der Waals surface area contributed by atoms with Crippen LogP contribution < -0.4 is 10.5 Å². The zero-order valence-corrected chi connectivity index (χ0v) is 8.82. The van der Waals surface area contributed by atoms with Gasteiger partial charge in [-0.1, -0.05) is 12.1 Å². The molecule has 1 aromatic rings. The van der Waals surface area contributed by atoms with E-state index in [9.17, 15) is 4.79 Å². The van der Waals surface area contributed by atoms with Gasteiger partial charge in [0.25, 0.3) is 0 Å². The fraction of sp³-hybridized carbons (Fsp3) is 0.417. The van der Waals surface area contributed by atoms with Crippen molar-refractivity contribution in [2.75, 3.05) is 7.11 Å². The highest BCUT2D eigenvalue weighted by atomic mass is 16.5. The minimum Gasteiger partial charge on any atom is -0.496 e. The Bertz CT molecular complexity index is 373. The second kappa shape index (κ2) is 3.93. The van der Waals surface area contributed by atoms with Gasteiger partial charge in [-0.2, -0.15) is 0 Å². The SMILES string of the molecule is COc1cccc2c1CC(C(N)=O)CC2. The fourth-order valence-corrected chi connectivity index (χ4v) is 2.19. The summed E-state index contributed by atoms with van der Waals surface area (Å²) in [6.07, 6.45) is 2.49. The summed E-state index contributed by atoms with van der Waals surface area (Å²) in [7, 11) is 1.66. The van der Waals surface area contributed by atoms with E-state index >= 15 is 0 Å². The third kappa shape index (κ3) is 1.82. The molecule has 1 amide bonds. The Balaban J connectivity index is 2.34. The summed E-state index contributed by atoms with van der Waals surface area (Å²) in [6.45, 7) is 0. The molecule has 0 aliphatic heterocycles. The van der Waals surface area contributed by atoms with Crippen LogP contribution in [0.4, 0.5) is 0 Å². The number of primary amides is 1. The van der Waals surface area contributed by atoms with E-state index in [0.717, 1.165) is 24.2 Å². The van der Waals surface area contributed by atoms with Crippen LogP contribution in [-0.4, -0.2) is 13.0 Å². The fourth-order valence-electron chi connectivity index (χ4n) is 2.19. The molecule has 15 heavy (non-hydrogen) atoms. The summed E-state index contributed by atoms with van der Waals surface area (Å²) in [5.74, 6) is 0.638. The lowest BCUT2D eigenvalue weighted by atomic mass is 9.83. The largest absolute Gasteiger partial charge is 0.496 e. The maximum Gasteiger partial charge on any atom is 0.220 e. The quantitative estimate of drug-likeness (QED) is 0.790. The van der Waals surface area contributed by atoms with Crippen molar-refractivity contribution in [1.29, 1.82) is 0 Å². The van der Waals surface area contributed by atoms with Gasteiger partial charge in [0.15, 0.2) is 0 Å². The summed E-state index contributed by atoms with van der Waals surface area (Å²) in [5, 5.41) is 0. The highest BCUT2D eigenvalue weighted by molar-refractivity contribution is 5.77. The number of amides is 1. The average Bonchev–Trinajstić information content (AvgIpc) is 2.27. The molecule has 0 saturated heterocycles. The summed E-state index contributed by atoms with van der Waals surface area (Å²) in [6, 6.07) is 6.01. The molecule has 2 rings (SSSR count). The molecular formula is C12H15NO2. The number of methoxy groups -OCH3 is 1. The Morgan fingerprint density at radius 1 is 1.53 bits per heavy atom. The molecular weight excluding hydrogens is 190 g/mol. The smallest absolute Gasteiger partial charge is 0.220 e. The Labute approximate surface area is 89.2 Å². The summed E-state index contributed by atoms with van der Waals surface area (Å²) < 4.78 is 5.29. The maximum absolute atomic E-state index is 11.1. The number of nitrogens with two attached hydrogens (primary N) is 1. The molecule has 80 valence electrons. The number of rotatable bonds is 2. The standard InChI is InChI=1S/C12H15NO2/c1-15-11-4-2-3-8-5-6-9(12(13)14)7-10(8)11/h2-4,9H,5-7H2,1H3,(H2,13,14). The van der Waals surface area contributed by atoms with E-state index in [1.807, 2.05) is 12.1 Å². The topological polar surface area (TPSA) is 52.3 Å². The number of hydrogen-bond donors (Lipinski definition) is 1. The van der Waals surface area contributed by atoms with Crippen molar-refractivity contribution in [2.45, 2.75) is 19.3 Å². The van der Waals surface area contributed by atoms with Crippen LogP contribution in [0, 0.1) is 5.92 Å². The normalized spacial score (nSPS) is 19.4. The monoisotopic (exact) mass is 205 g/mol. The van der Waals surface area contributed by atoms with Gasteiger partial charge >= 0.3 is 0 Å². The second-order valence-electron chi connectivity index (χ2n) is 3.94. The van der Waals surface area contributed by atoms with Gasteiger partial charge in [0.2, 0.25) is 5.91 Å². The van der Waals surface area contributed by atoms with Crippen molar-refractivity contribution in [3.8, 4) is 5.75 Å². The van der Waals surface area contributed by atoms with Crippen LogP contribution in [0.5, 0.6) is 5.75 Å². The van der Waals surface area contributed by atoms with Gasteiger partial charge in [-0.05, 0) is 36.5 Å². The van der Waals surface area contributed by atoms with E-state index < -0.39 is 0 Å². The maximum atomic E-state index is 11.1. The molecule has 1 atom stereocenters. The number of carbonyl (C=O) groups excluding carboxylic acids is 1. The minimum atomic E-state index is -0.202. The molecule has 3 heteroatoms. The first-order valence-electron chi connectivity index (χ1n) is 5.16. The van der Waals surface area contributed by atoms with Crippen LogP contribution in [0.25, 0.3) is 0 Å². The Kier molecular flexibility index (Phi) is 2.62. The molecule has 0 radical (unpaired) electrons. The van der Waals surface area contributed by atoms with Crippen molar-refractivity contribution < 1.29 is 9.53 Å². The van der Waals surface area contributed by atoms with E-state index in [4.69, 9.17) is 10.5 Å². The van der Waals surface area contributed by atoms with Gasteiger partial charge in [0.1, 0.15) is 5.75 Å². The molecule has 0 heterocycles. The van der Waals surface area contributed by atoms with Crippen LogP contribution in [0.3, 0.4) is 0 Å². The highest BCUT2D eigenvalue weighted by Gasteiger charge is 2.24. The van der Waals surface area contributed by atoms with E-state index in [-0.39, 0.29) is 11.8 Å². The third-order valence-electron chi connectivity index (χ3n) is 3.07. The lowest BCUT2D eigenvalue weighted by Gasteiger charge is -2.23. The molecule has 0 saturated carbocycles. The van der Waals surface area contributed by atoms with Crippen molar-refractivity contribution in [3.63, 3.8) is 0 Å². The van der Waals surface area contributed by atoms with E-state index in [1.54, 1.807) is 7.11 Å².